The molecule has 0 rings (SSSR count). The fraction of sp³-hybridized carbons (Fsp3) is 0.833. The van der Waals surface area contributed by atoms with Gasteiger partial charge in [-0.05, 0) is 12.8 Å². The molecule has 0 amide bonds. The first kappa shape index (κ1) is 13.7. The van der Waals surface area contributed by atoms with E-state index in [2.05, 4.69) is 33.0 Å². The molecule has 0 fully saturated rings. The first-order chi connectivity index (χ1) is 6.57. The molecule has 2 nitrogen and oxygen atoms in total. The van der Waals surface area contributed by atoms with Crippen LogP contribution in [0.15, 0.2) is 12.2 Å². The minimum absolute atomic E-state index is 0.314. The van der Waals surface area contributed by atoms with Gasteiger partial charge in [0.1, 0.15) is 0 Å². The Labute approximate surface area is 88.7 Å². The molecule has 0 aromatic heterocycles. The molecule has 0 spiro atoms. The van der Waals surface area contributed by atoms with E-state index in [1.165, 1.54) is 0 Å². The molecule has 0 radical (unpaired) electrons. The second kappa shape index (κ2) is 8.01. The van der Waals surface area contributed by atoms with Crippen LogP contribution in [0.5, 0.6) is 0 Å². The highest BCUT2D eigenvalue weighted by atomic mass is 16.5. The van der Waals surface area contributed by atoms with E-state index in [-0.39, 0.29) is 0 Å². The number of hydrogen-bond donors (Lipinski definition) is 1. The summed E-state index contributed by atoms with van der Waals surface area (Å²) in [6, 6.07) is 0.529. The Balaban J connectivity index is 3.77. The quantitative estimate of drug-likeness (QED) is 0.636. The van der Waals surface area contributed by atoms with E-state index in [1.54, 1.807) is 0 Å². The number of allylic oxidation sites excluding steroid dienone is 1. The van der Waals surface area contributed by atoms with Crippen molar-refractivity contribution in [1.82, 2.24) is 5.32 Å². The fourth-order valence-corrected chi connectivity index (χ4v) is 1.11. The molecule has 2 heteroatoms. The standard InChI is InChI=1S/C12H25NO/c1-6-7-8-14-12(10(2)3)9-13-11(4)5/h6-7,10-13H,8-9H2,1-5H3. The van der Waals surface area contributed by atoms with Crippen molar-refractivity contribution in [3.05, 3.63) is 12.2 Å². The van der Waals surface area contributed by atoms with Crippen molar-refractivity contribution in [2.75, 3.05) is 13.2 Å². The van der Waals surface area contributed by atoms with Gasteiger partial charge in [0.2, 0.25) is 0 Å². The average molecular weight is 199 g/mol. The maximum absolute atomic E-state index is 5.75. The molecule has 0 aromatic carbocycles. The van der Waals surface area contributed by atoms with E-state index in [9.17, 15) is 0 Å². The van der Waals surface area contributed by atoms with Crippen LogP contribution < -0.4 is 5.32 Å². The molecule has 0 aliphatic carbocycles. The van der Waals surface area contributed by atoms with Gasteiger partial charge in [0, 0.05) is 12.6 Å². The highest BCUT2D eigenvalue weighted by molar-refractivity contribution is 4.78. The van der Waals surface area contributed by atoms with Crippen molar-refractivity contribution in [3.63, 3.8) is 0 Å². The summed E-state index contributed by atoms with van der Waals surface area (Å²) in [5.41, 5.74) is 0. The smallest absolute Gasteiger partial charge is 0.0726 e. The van der Waals surface area contributed by atoms with E-state index < -0.39 is 0 Å². The highest BCUT2D eigenvalue weighted by Gasteiger charge is 2.12. The first-order valence-electron chi connectivity index (χ1n) is 5.54. The topological polar surface area (TPSA) is 21.3 Å². The summed E-state index contributed by atoms with van der Waals surface area (Å²) in [6.07, 6.45) is 4.38. The Morgan fingerprint density at radius 1 is 1.21 bits per heavy atom. The zero-order chi connectivity index (χ0) is 11.0. The van der Waals surface area contributed by atoms with Gasteiger partial charge in [-0.2, -0.15) is 0 Å². The Bertz CT molecular complexity index is 152. The summed E-state index contributed by atoms with van der Waals surface area (Å²) in [6.45, 7) is 12.4. The van der Waals surface area contributed by atoms with Crippen molar-refractivity contribution in [2.45, 2.75) is 46.8 Å². The minimum Gasteiger partial charge on any atom is -0.373 e. The predicted molar refractivity (Wildman–Crippen MR) is 62.5 cm³/mol. The lowest BCUT2D eigenvalue weighted by molar-refractivity contribution is 0.0394. The molecule has 0 aromatic rings. The van der Waals surface area contributed by atoms with Gasteiger partial charge in [0.05, 0.1) is 12.7 Å². The van der Waals surface area contributed by atoms with E-state index >= 15 is 0 Å². The monoisotopic (exact) mass is 199 g/mol. The highest BCUT2D eigenvalue weighted by Crippen LogP contribution is 2.05. The SMILES string of the molecule is CC=CCOC(CNC(C)C)C(C)C. The lowest BCUT2D eigenvalue weighted by atomic mass is 10.1. The number of ether oxygens (including phenoxy) is 1. The number of rotatable bonds is 7. The van der Waals surface area contributed by atoms with Crippen LogP contribution >= 0.6 is 0 Å². The summed E-state index contributed by atoms with van der Waals surface area (Å²) in [7, 11) is 0. The van der Waals surface area contributed by atoms with Crippen molar-refractivity contribution in [1.29, 1.82) is 0 Å². The third-order valence-corrected chi connectivity index (χ3v) is 2.11. The van der Waals surface area contributed by atoms with E-state index in [0.717, 1.165) is 13.2 Å². The van der Waals surface area contributed by atoms with Gasteiger partial charge in [0.15, 0.2) is 0 Å². The molecule has 14 heavy (non-hydrogen) atoms. The van der Waals surface area contributed by atoms with Crippen LogP contribution in [0.4, 0.5) is 0 Å². The largest absolute Gasteiger partial charge is 0.373 e. The number of nitrogens with one attached hydrogen (secondary N) is 1. The Kier molecular flexibility index (Phi) is 7.81. The Hall–Kier alpha value is -0.340. The molecule has 1 atom stereocenters. The second-order valence-corrected chi connectivity index (χ2v) is 4.25. The molecule has 0 aliphatic heterocycles. The molecular formula is C12H25NO. The van der Waals surface area contributed by atoms with Gasteiger partial charge in [-0.15, -0.1) is 0 Å². The van der Waals surface area contributed by atoms with E-state index in [4.69, 9.17) is 4.74 Å². The van der Waals surface area contributed by atoms with Gasteiger partial charge < -0.3 is 10.1 Å². The lowest BCUT2D eigenvalue weighted by Gasteiger charge is -2.22. The van der Waals surface area contributed by atoms with Crippen molar-refractivity contribution >= 4 is 0 Å². The first-order valence-corrected chi connectivity index (χ1v) is 5.54. The number of hydrogen-bond acceptors (Lipinski definition) is 2. The molecule has 0 aliphatic rings. The van der Waals surface area contributed by atoms with Crippen LogP contribution in [0.1, 0.15) is 34.6 Å². The minimum atomic E-state index is 0.314. The predicted octanol–water partition coefficient (Wildman–Crippen LogP) is 2.60. The molecule has 0 saturated heterocycles. The maximum atomic E-state index is 5.75. The normalized spacial score (nSPS) is 14.5. The zero-order valence-corrected chi connectivity index (χ0v) is 10.2. The van der Waals surface area contributed by atoms with Crippen molar-refractivity contribution in [3.8, 4) is 0 Å². The van der Waals surface area contributed by atoms with Gasteiger partial charge in [-0.25, -0.2) is 0 Å². The molecule has 84 valence electrons. The van der Waals surface area contributed by atoms with Gasteiger partial charge >= 0.3 is 0 Å². The molecule has 0 saturated carbocycles. The van der Waals surface area contributed by atoms with Crippen molar-refractivity contribution in [2.24, 2.45) is 5.92 Å². The third kappa shape index (κ3) is 7.10. The molecular weight excluding hydrogens is 174 g/mol. The van der Waals surface area contributed by atoms with Crippen LogP contribution in [0.25, 0.3) is 0 Å². The summed E-state index contributed by atoms with van der Waals surface area (Å²) < 4.78 is 5.75. The van der Waals surface area contributed by atoms with Crippen LogP contribution in [0.3, 0.4) is 0 Å². The van der Waals surface area contributed by atoms with Crippen LogP contribution in [0, 0.1) is 5.92 Å². The lowest BCUT2D eigenvalue weighted by Crippen LogP contribution is -2.36. The van der Waals surface area contributed by atoms with Crippen LogP contribution in [-0.2, 0) is 4.74 Å². The summed E-state index contributed by atoms with van der Waals surface area (Å²) >= 11 is 0. The third-order valence-electron chi connectivity index (χ3n) is 2.11. The summed E-state index contributed by atoms with van der Waals surface area (Å²) in [4.78, 5) is 0. The summed E-state index contributed by atoms with van der Waals surface area (Å²) in [5.74, 6) is 0.562. The maximum Gasteiger partial charge on any atom is 0.0726 e. The molecule has 0 bridgehead atoms. The Morgan fingerprint density at radius 3 is 2.29 bits per heavy atom. The molecule has 1 unspecified atom stereocenters. The van der Waals surface area contributed by atoms with E-state index in [0.29, 0.717) is 18.1 Å². The van der Waals surface area contributed by atoms with Gasteiger partial charge in [-0.1, -0.05) is 39.8 Å². The van der Waals surface area contributed by atoms with Crippen LogP contribution in [-0.4, -0.2) is 25.3 Å². The van der Waals surface area contributed by atoms with Crippen molar-refractivity contribution < 1.29 is 4.74 Å². The Morgan fingerprint density at radius 2 is 1.86 bits per heavy atom. The summed E-state index contributed by atoms with van der Waals surface area (Å²) in [5, 5.41) is 3.40. The van der Waals surface area contributed by atoms with Gasteiger partial charge in [0.25, 0.3) is 0 Å². The van der Waals surface area contributed by atoms with Crippen LogP contribution in [0.2, 0.25) is 0 Å². The van der Waals surface area contributed by atoms with Gasteiger partial charge in [-0.3, -0.25) is 0 Å². The molecule has 0 heterocycles. The zero-order valence-electron chi connectivity index (χ0n) is 10.2. The second-order valence-electron chi connectivity index (χ2n) is 4.25. The molecule has 1 N–H and O–H groups in total. The van der Waals surface area contributed by atoms with E-state index in [1.807, 2.05) is 19.1 Å². The fourth-order valence-electron chi connectivity index (χ4n) is 1.11. The average Bonchev–Trinajstić information content (AvgIpc) is 2.10.